The lowest BCUT2D eigenvalue weighted by atomic mass is 10.3. The van der Waals surface area contributed by atoms with Crippen LogP contribution in [-0.2, 0) is 11.3 Å². The maximum Gasteiger partial charge on any atom is 0.345 e. The largest absolute Gasteiger partial charge is 0.371 e. The first kappa shape index (κ1) is 14.9. The third kappa shape index (κ3) is 3.44. The van der Waals surface area contributed by atoms with Crippen molar-refractivity contribution in [3.8, 4) is 0 Å². The third-order valence-electron chi connectivity index (χ3n) is 2.79. The predicted octanol–water partition coefficient (Wildman–Crippen LogP) is 0.543. The fourth-order valence-electron chi connectivity index (χ4n) is 1.98. The van der Waals surface area contributed by atoms with Crippen molar-refractivity contribution in [2.24, 2.45) is 0 Å². The zero-order valence-electron chi connectivity index (χ0n) is 10.5. The predicted molar refractivity (Wildman–Crippen MR) is 71.2 cm³/mol. The standard InChI is InChI=1S/C10H16N4O3.H2S/c1-8-5-10(14(15)16)13(11-8)7-9-6-12(2)3-4-17-9;/h5,9H,3-4,6-7H2,1-2H3;1H2/t9-;/m0./s1. The van der Waals surface area contributed by atoms with Gasteiger partial charge in [-0.3, -0.25) is 0 Å². The summed E-state index contributed by atoms with van der Waals surface area (Å²) in [6, 6.07) is 1.48. The van der Waals surface area contributed by atoms with E-state index in [0.29, 0.717) is 18.8 Å². The van der Waals surface area contributed by atoms with E-state index in [0.717, 1.165) is 13.1 Å². The van der Waals surface area contributed by atoms with Crippen molar-refractivity contribution in [1.82, 2.24) is 14.7 Å². The molecule has 1 aromatic rings. The van der Waals surface area contributed by atoms with Crippen LogP contribution in [0, 0.1) is 17.0 Å². The van der Waals surface area contributed by atoms with Gasteiger partial charge in [0.2, 0.25) is 0 Å². The number of rotatable bonds is 3. The van der Waals surface area contributed by atoms with Gasteiger partial charge in [0.15, 0.2) is 0 Å². The summed E-state index contributed by atoms with van der Waals surface area (Å²) < 4.78 is 6.99. The molecule has 1 atom stereocenters. The number of morpholine rings is 1. The van der Waals surface area contributed by atoms with Crippen LogP contribution in [0.2, 0.25) is 0 Å². The molecule has 1 fully saturated rings. The van der Waals surface area contributed by atoms with E-state index in [1.807, 2.05) is 7.05 Å². The van der Waals surface area contributed by atoms with E-state index in [-0.39, 0.29) is 25.4 Å². The molecular formula is C10H18N4O3S. The Kier molecular flexibility index (Phi) is 5.12. The molecule has 0 amide bonds. The number of aromatic nitrogens is 2. The SMILES string of the molecule is Cc1cc([N+](=O)[O-])n(C[C@@H]2CN(C)CCO2)n1.S. The van der Waals surface area contributed by atoms with Gasteiger partial charge in [-0.05, 0) is 18.9 Å². The monoisotopic (exact) mass is 274 g/mol. The van der Waals surface area contributed by atoms with Crippen LogP contribution >= 0.6 is 13.5 Å². The Labute approximate surface area is 112 Å². The lowest BCUT2D eigenvalue weighted by Crippen LogP contribution is -2.42. The number of aryl methyl sites for hydroxylation is 1. The molecule has 1 aliphatic heterocycles. The Morgan fingerprint density at radius 1 is 1.67 bits per heavy atom. The van der Waals surface area contributed by atoms with E-state index < -0.39 is 4.92 Å². The number of nitrogens with zero attached hydrogens (tertiary/aromatic N) is 4. The van der Waals surface area contributed by atoms with Crippen LogP contribution < -0.4 is 0 Å². The average molecular weight is 274 g/mol. The van der Waals surface area contributed by atoms with Gasteiger partial charge in [-0.25, -0.2) is 0 Å². The Morgan fingerprint density at radius 2 is 2.39 bits per heavy atom. The highest BCUT2D eigenvalue weighted by Gasteiger charge is 2.24. The first-order valence-electron chi connectivity index (χ1n) is 5.55. The lowest BCUT2D eigenvalue weighted by molar-refractivity contribution is -0.393. The molecule has 0 saturated carbocycles. The van der Waals surface area contributed by atoms with Gasteiger partial charge in [0, 0.05) is 13.1 Å². The zero-order valence-corrected chi connectivity index (χ0v) is 11.5. The van der Waals surface area contributed by atoms with Gasteiger partial charge in [0.05, 0.1) is 18.4 Å². The van der Waals surface area contributed by atoms with Gasteiger partial charge >= 0.3 is 5.82 Å². The van der Waals surface area contributed by atoms with Gasteiger partial charge in [0.25, 0.3) is 0 Å². The summed E-state index contributed by atoms with van der Waals surface area (Å²) in [7, 11) is 2.01. The minimum absolute atomic E-state index is 0. The molecule has 0 aromatic carbocycles. The number of ether oxygens (including phenoxy) is 1. The maximum atomic E-state index is 10.8. The summed E-state index contributed by atoms with van der Waals surface area (Å²) >= 11 is 0. The van der Waals surface area contributed by atoms with Crippen molar-refractivity contribution in [1.29, 1.82) is 0 Å². The Balaban J connectivity index is 0.00000162. The highest BCUT2D eigenvalue weighted by Crippen LogP contribution is 2.15. The molecule has 2 heterocycles. The second-order valence-corrected chi connectivity index (χ2v) is 4.34. The van der Waals surface area contributed by atoms with Crippen molar-refractivity contribution in [3.05, 3.63) is 21.9 Å². The van der Waals surface area contributed by atoms with Gasteiger partial charge in [-0.1, -0.05) is 5.10 Å². The van der Waals surface area contributed by atoms with Crippen molar-refractivity contribution >= 4 is 19.3 Å². The number of hydrogen-bond acceptors (Lipinski definition) is 5. The average Bonchev–Trinajstić information content (AvgIpc) is 2.59. The van der Waals surface area contributed by atoms with E-state index in [4.69, 9.17) is 4.74 Å². The molecule has 7 nitrogen and oxygen atoms in total. The summed E-state index contributed by atoms with van der Waals surface area (Å²) in [4.78, 5) is 12.6. The lowest BCUT2D eigenvalue weighted by Gasteiger charge is -2.28. The summed E-state index contributed by atoms with van der Waals surface area (Å²) in [5.74, 6) is 0.0272. The molecule has 8 heteroatoms. The highest BCUT2D eigenvalue weighted by atomic mass is 32.1. The molecule has 102 valence electrons. The number of nitro groups is 1. The normalized spacial score (nSPS) is 20.4. The summed E-state index contributed by atoms with van der Waals surface area (Å²) in [6.45, 7) is 4.51. The van der Waals surface area contributed by atoms with Crippen LogP contribution in [0.4, 0.5) is 5.82 Å². The molecule has 0 radical (unpaired) electrons. The summed E-state index contributed by atoms with van der Waals surface area (Å²) in [6.07, 6.45) is -0.0354. The minimum atomic E-state index is -0.410. The molecule has 1 aliphatic rings. The van der Waals surface area contributed by atoms with Crippen LogP contribution in [0.15, 0.2) is 6.07 Å². The Morgan fingerprint density at radius 3 is 3.00 bits per heavy atom. The molecule has 0 N–H and O–H groups in total. The van der Waals surface area contributed by atoms with Crippen LogP contribution in [0.1, 0.15) is 5.69 Å². The second-order valence-electron chi connectivity index (χ2n) is 4.34. The maximum absolute atomic E-state index is 10.8. The van der Waals surface area contributed by atoms with Crippen LogP contribution in [0.5, 0.6) is 0 Å². The van der Waals surface area contributed by atoms with Crippen LogP contribution in [-0.4, -0.2) is 52.5 Å². The van der Waals surface area contributed by atoms with E-state index in [2.05, 4.69) is 10.00 Å². The fraction of sp³-hybridized carbons (Fsp3) is 0.700. The first-order chi connectivity index (χ1) is 8.06. The quantitative estimate of drug-likeness (QED) is 0.594. The second kappa shape index (κ2) is 6.17. The molecule has 0 spiro atoms. The van der Waals surface area contributed by atoms with Crippen molar-refractivity contribution < 1.29 is 9.66 Å². The summed E-state index contributed by atoms with van der Waals surface area (Å²) in [5.41, 5.74) is 0.654. The van der Waals surface area contributed by atoms with Crippen LogP contribution in [0.25, 0.3) is 0 Å². The molecule has 1 aromatic heterocycles. The van der Waals surface area contributed by atoms with Crippen molar-refractivity contribution in [3.63, 3.8) is 0 Å². The smallest absolute Gasteiger partial charge is 0.345 e. The molecule has 2 rings (SSSR count). The van der Waals surface area contributed by atoms with Crippen molar-refractivity contribution in [2.75, 3.05) is 26.7 Å². The molecule has 0 unspecified atom stereocenters. The number of hydrogen-bond donors (Lipinski definition) is 0. The van der Waals surface area contributed by atoms with E-state index >= 15 is 0 Å². The zero-order chi connectivity index (χ0) is 12.4. The third-order valence-corrected chi connectivity index (χ3v) is 2.79. The van der Waals surface area contributed by atoms with Gasteiger partial charge in [0.1, 0.15) is 12.6 Å². The molecule has 1 saturated heterocycles. The Bertz CT molecular complexity index is 423. The topological polar surface area (TPSA) is 73.4 Å². The summed E-state index contributed by atoms with van der Waals surface area (Å²) in [5, 5.41) is 15.0. The van der Waals surface area contributed by atoms with Gasteiger partial charge < -0.3 is 19.8 Å². The highest BCUT2D eigenvalue weighted by molar-refractivity contribution is 7.59. The minimum Gasteiger partial charge on any atom is -0.371 e. The van der Waals surface area contributed by atoms with Gasteiger partial charge in [-0.15, -0.1) is 4.68 Å². The van der Waals surface area contributed by atoms with E-state index in [1.165, 1.54) is 10.7 Å². The van der Waals surface area contributed by atoms with E-state index in [9.17, 15) is 10.1 Å². The van der Waals surface area contributed by atoms with Crippen LogP contribution in [0.3, 0.4) is 0 Å². The van der Waals surface area contributed by atoms with E-state index in [1.54, 1.807) is 6.92 Å². The fourth-order valence-corrected chi connectivity index (χ4v) is 1.98. The van der Waals surface area contributed by atoms with Gasteiger partial charge in [-0.2, -0.15) is 13.5 Å². The molecule has 0 bridgehead atoms. The van der Waals surface area contributed by atoms with Crippen molar-refractivity contribution in [2.45, 2.75) is 19.6 Å². The first-order valence-corrected chi connectivity index (χ1v) is 5.55. The molecule has 18 heavy (non-hydrogen) atoms. The molecule has 0 aliphatic carbocycles. The Hall–Kier alpha value is -1.12. The molecular weight excluding hydrogens is 256 g/mol. The number of likely N-dealkylation sites (N-methyl/N-ethyl adjacent to an activating group) is 1.